The van der Waals surface area contributed by atoms with Gasteiger partial charge in [0.25, 0.3) is 0 Å². The minimum Gasteiger partial charge on any atom is -0.477 e. The number of pyridine rings is 1. The number of nitrogens with two attached hydrogens (primary N) is 1. The predicted octanol–water partition coefficient (Wildman–Crippen LogP) is 2.74. The maximum atomic E-state index is 15.3. The highest BCUT2D eigenvalue weighted by Gasteiger charge is 2.36. The summed E-state index contributed by atoms with van der Waals surface area (Å²) in [5, 5.41) is 9.58. The fourth-order valence-electron chi connectivity index (χ4n) is 4.78. The molecular formula is C21H22FN3O3. The summed E-state index contributed by atoms with van der Waals surface area (Å²) >= 11 is 0. The number of rotatable bonds is 3. The van der Waals surface area contributed by atoms with Crippen LogP contribution in [0, 0.1) is 11.7 Å². The van der Waals surface area contributed by atoms with E-state index in [1.165, 1.54) is 12.3 Å². The summed E-state index contributed by atoms with van der Waals surface area (Å²) in [6, 6.07) is 1.57. The van der Waals surface area contributed by atoms with Crippen LogP contribution in [-0.4, -0.2) is 34.8 Å². The fourth-order valence-corrected chi connectivity index (χ4v) is 4.78. The van der Waals surface area contributed by atoms with Crippen molar-refractivity contribution in [2.75, 3.05) is 18.0 Å². The average molecular weight is 383 g/mol. The number of fused-ring (bicyclic) bond motifs is 5. The SMILES string of the molecule is NC[C@H]1C[C@@H]2CC=Cc3c(c(F)cc4c(=O)c(C(=O)O)cn(C5CC5)c34)N2C1. The van der Waals surface area contributed by atoms with Crippen molar-refractivity contribution < 1.29 is 14.3 Å². The van der Waals surface area contributed by atoms with Crippen LogP contribution in [0.1, 0.15) is 47.6 Å². The Bertz CT molecular complexity index is 1090. The molecule has 2 aliphatic heterocycles. The van der Waals surface area contributed by atoms with Gasteiger partial charge in [-0.25, -0.2) is 9.18 Å². The van der Waals surface area contributed by atoms with E-state index in [9.17, 15) is 14.7 Å². The summed E-state index contributed by atoms with van der Waals surface area (Å²) in [4.78, 5) is 26.5. The number of hydrogen-bond acceptors (Lipinski definition) is 4. The maximum Gasteiger partial charge on any atom is 0.341 e. The molecule has 7 heteroatoms. The lowest BCUT2D eigenvalue weighted by Crippen LogP contribution is -2.30. The van der Waals surface area contributed by atoms with Crippen molar-refractivity contribution in [1.29, 1.82) is 0 Å². The Morgan fingerprint density at radius 2 is 2.11 bits per heavy atom. The number of benzene rings is 1. The molecule has 146 valence electrons. The summed E-state index contributed by atoms with van der Waals surface area (Å²) in [5.41, 5.74) is 6.77. The summed E-state index contributed by atoms with van der Waals surface area (Å²) < 4.78 is 17.2. The van der Waals surface area contributed by atoms with E-state index in [-0.39, 0.29) is 23.0 Å². The lowest BCUT2D eigenvalue weighted by molar-refractivity contribution is 0.0695. The largest absolute Gasteiger partial charge is 0.477 e. The molecule has 1 saturated heterocycles. The topological polar surface area (TPSA) is 88.6 Å². The van der Waals surface area contributed by atoms with Gasteiger partial charge in [0.15, 0.2) is 0 Å². The van der Waals surface area contributed by atoms with E-state index in [0.717, 1.165) is 25.7 Å². The van der Waals surface area contributed by atoms with Crippen molar-refractivity contribution in [3.63, 3.8) is 0 Å². The molecule has 1 aromatic carbocycles. The molecule has 0 bridgehead atoms. The number of carboxylic acids is 1. The smallest absolute Gasteiger partial charge is 0.341 e. The zero-order valence-electron chi connectivity index (χ0n) is 15.4. The van der Waals surface area contributed by atoms with E-state index in [1.807, 2.05) is 16.7 Å². The van der Waals surface area contributed by atoms with Crippen molar-refractivity contribution in [3.8, 4) is 0 Å². The second-order valence-corrected chi connectivity index (χ2v) is 8.11. The van der Waals surface area contributed by atoms with Crippen LogP contribution in [-0.2, 0) is 0 Å². The zero-order chi connectivity index (χ0) is 19.6. The van der Waals surface area contributed by atoms with E-state index in [4.69, 9.17) is 5.73 Å². The van der Waals surface area contributed by atoms with Crippen LogP contribution in [0.25, 0.3) is 17.0 Å². The molecule has 28 heavy (non-hydrogen) atoms. The van der Waals surface area contributed by atoms with Gasteiger partial charge in [-0.1, -0.05) is 12.2 Å². The summed E-state index contributed by atoms with van der Waals surface area (Å²) in [6.07, 6.45) is 8.94. The highest BCUT2D eigenvalue weighted by Crippen LogP contribution is 2.43. The minimum absolute atomic E-state index is 0.140. The first-order valence-electron chi connectivity index (χ1n) is 9.77. The van der Waals surface area contributed by atoms with Gasteiger partial charge in [-0.15, -0.1) is 0 Å². The molecular weight excluding hydrogens is 361 g/mol. The molecule has 5 rings (SSSR count). The summed E-state index contributed by atoms with van der Waals surface area (Å²) in [6.45, 7) is 1.26. The number of carboxylic acid groups (broad SMARTS) is 1. The monoisotopic (exact) mass is 383 g/mol. The number of carbonyl (C=O) groups is 1. The number of anilines is 1. The van der Waals surface area contributed by atoms with E-state index < -0.39 is 17.2 Å². The van der Waals surface area contributed by atoms with Crippen molar-refractivity contribution in [1.82, 2.24) is 4.57 Å². The van der Waals surface area contributed by atoms with Crippen LogP contribution in [0.2, 0.25) is 0 Å². The number of hydrogen-bond donors (Lipinski definition) is 2. The second kappa shape index (κ2) is 6.17. The van der Waals surface area contributed by atoms with Gasteiger partial charge in [0.1, 0.15) is 11.4 Å². The van der Waals surface area contributed by atoms with Gasteiger partial charge in [0.2, 0.25) is 5.43 Å². The molecule has 0 radical (unpaired) electrons. The Kier molecular flexibility index (Phi) is 3.84. The third kappa shape index (κ3) is 2.49. The molecule has 2 fully saturated rings. The standard InChI is InChI=1S/C21H22FN3O3/c22-17-7-15-18(25(12-4-5-12)10-16(20(15)26)21(27)28)14-3-1-2-13-6-11(8-23)9-24(13)19(14)17/h1,3,7,10-13H,2,4-6,8-9,23H2,(H,27,28)/t11-,13+/m1/s1. The van der Waals surface area contributed by atoms with Crippen molar-refractivity contribution in [3.05, 3.63) is 45.5 Å². The zero-order valence-corrected chi connectivity index (χ0v) is 15.4. The van der Waals surface area contributed by atoms with Gasteiger partial charge in [-0.2, -0.15) is 0 Å². The lowest BCUT2D eigenvalue weighted by Gasteiger charge is -2.28. The molecule has 0 unspecified atom stereocenters. The fraction of sp³-hybridized carbons (Fsp3) is 0.429. The third-order valence-corrected chi connectivity index (χ3v) is 6.26. The predicted molar refractivity (Wildman–Crippen MR) is 105 cm³/mol. The molecule has 0 spiro atoms. The maximum absolute atomic E-state index is 15.3. The van der Waals surface area contributed by atoms with E-state index >= 15 is 4.39 Å². The van der Waals surface area contributed by atoms with Crippen molar-refractivity contribution in [2.45, 2.75) is 37.8 Å². The van der Waals surface area contributed by atoms with E-state index in [1.54, 1.807) is 0 Å². The summed E-state index contributed by atoms with van der Waals surface area (Å²) in [5.74, 6) is -1.43. The molecule has 1 aliphatic carbocycles. The first-order chi connectivity index (χ1) is 13.5. The molecule has 3 N–H and O–H groups in total. The molecule has 6 nitrogen and oxygen atoms in total. The first-order valence-corrected chi connectivity index (χ1v) is 9.77. The Morgan fingerprint density at radius 3 is 2.79 bits per heavy atom. The van der Waals surface area contributed by atoms with Crippen molar-refractivity contribution in [2.24, 2.45) is 11.7 Å². The van der Waals surface area contributed by atoms with Crippen molar-refractivity contribution >= 4 is 28.6 Å². The third-order valence-electron chi connectivity index (χ3n) is 6.26. The van der Waals surface area contributed by atoms with Gasteiger partial charge in [-0.3, -0.25) is 4.79 Å². The Morgan fingerprint density at radius 1 is 1.32 bits per heavy atom. The van der Waals surface area contributed by atoms with Gasteiger partial charge in [-0.05, 0) is 44.2 Å². The Labute approximate surface area is 161 Å². The van der Waals surface area contributed by atoms with Gasteiger partial charge in [0.05, 0.1) is 16.6 Å². The van der Waals surface area contributed by atoms with Gasteiger partial charge >= 0.3 is 5.97 Å². The van der Waals surface area contributed by atoms with E-state index in [0.29, 0.717) is 35.8 Å². The number of aromatic carboxylic acids is 1. The van der Waals surface area contributed by atoms with Gasteiger partial charge < -0.3 is 20.3 Å². The van der Waals surface area contributed by atoms with Crippen LogP contribution in [0.5, 0.6) is 0 Å². The second-order valence-electron chi connectivity index (χ2n) is 8.11. The Balaban J connectivity index is 1.84. The molecule has 3 heterocycles. The summed E-state index contributed by atoms with van der Waals surface area (Å²) in [7, 11) is 0. The number of aromatic nitrogens is 1. The molecule has 2 atom stereocenters. The van der Waals surface area contributed by atoms with Crippen LogP contribution in [0.15, 0.2) is 23.1 Å². The molecule has 0 amide bonds. The van der Waals surface area contributed by atoms with Crippen LogP contribution in [0.3, 0.4) is 0 Å². The Hall–Kier alpha value is -2.67. The van der Waals surface area contributed by atoms with E-state index in [2.05, 4.69) is 4.90 Å². The first kappa shape index (κ1) is 17.4. The average Bonchev–Trinajstić information content (AvgIpc) is 3.45. The minimum atomic E-state index is -1.28. The lowest BCUT2D eigenvalue weighted by atomic mass is 10.0. The quantitative estimate of drug-likeness (QED) is 0.851. The normalized spacial score (nSPS) is 23.6. The highest BCUT2D eigenvalue weighted by molar-refractivity contribution is 5.98. The van der Waals surface area contributed by atoms with Crippen LogP contribution >= 0.6 is 0 Å². The molecule has 3 aliphatic rings. The molecule has 2 aromatic rings. The molecule has 1 saturated carbocycles. The highest BCUT2D eigenvalue weighted by atomic mass is 19.1. The van der Waals surface area contributed by atoms with Crippen LogP contribution in [0.4, 0.5) is 10.1 Å². The van der Waals surface area contributed by atoms with Crippen LogP contribution < -0.4 is 16.1 Å². The van der Waals surface area contributed by atoms with Gasteiger partial charge in [0, 0.05) is 30.4 Å². The molecule has 1 aromatic heterocycles. The number of nitrogens with zero attached hydrogens (tertiary/aromatic N) is 2. The number of halogens is 1.